The van der Waals surface area contributed by atoms with Gasteiger partial charge in [0.25, 0.3) is 0 Å². The fourth-order valence-corrected chi connectivity index (χ4v) is 5.64. The lowest BCUT2D eigenvalue weighted by Gasteiger charge is -2.31. The molecule has 2 saturated heterocycles. The van der Waals surface area contributed by atoms with Crippen LogP contribution in [-0.4, -0.2) is 76.4 Å². The first-order valence-electron chi connectivity index (χ1n) is 11.2. The van der Waals surface area contributed by atoms with Crippen LogP contribution in [0.1, 0.15) is 5.69 Å². The van der Waals surface area contributed by atoms with Crippen LogP contribution in [0.25, 0.3) is 11.0 Å². The molecule has 0 radical (unpaired) electrons. The average Bonchev–Trinajstić information content (AvgIpc) is 3.27. The summed E-state index contributed by atoms with van der Waals surface area (Å²) in [6, 6.07) is 12.2. The summed E-state index contributed by atoms with van der Waals surface area (Å²) < 4.78 is 43.9. The summed E-state index contributed by atoms with van der Waals surface area (Å²) >= 11 is 0. The van der Waals surface area contributed by atoms with Crippen molar-refractivity contribution in [1.82, 2.24) is 9.46 Å². The first-order chi connectivity index (χ1) is 16.5. The lowest BCUT2D eigenvalue weighted by Crippen LogP contribution is -2.40. The zero-order valence-corrected chi connectivity index (χ0v) is 19.4. The van der Waals surface area contributed by atoms with E-state index in [0.29, 0.717) is 69.6 Å². The van der Waals surface area contributed by atoms with Crippen LogP contribution in [0.3, 0.4) is 0 Å². The van der Waals surface area contributed by atoms with Crippen molar-refractivity contribution < 1.29 is 27.2 Å². The minimum atomic E-state index is -3.72. The first kappa shape index (κ1) is 22.8. The lowest BCUT2D eigenvalue weighted by molar-refractivity contribution is -0.115. The number of sulfonamides is 1. The van der Waals surface area contributed by atoms with Crippen LogP contribution in [0.5, 0.6) is 0 Å². The quantitative estimate of drug-likeness (QED) is 0.562. The number of carbonyl (C=O) groups excluding carboxylic acids is 1. The number of para-hydroxylation sites is 1. The molecule has 34 heavy (non-hydrogen) atoms. The predicted molar refractivity (Wildman–Crippen MR) is 125 cm³/mol. The molecule has 2 aliphatic heterocycles. The number of fused-ring (bicyclic) bond motifs is 1. The number of ether oxygens (including phenoxy) is 2. The van der Waals surface area contributed by atoms with E-state index in [1.807, 2.05) is 18.2 Å². The van der Waals surface area contributed by atoms with Gasteiger partial charge in [-0.25, -0.2) is 8.42 Å². The molecule has 0 unspecified atom stereocenters. The van der Waals surface area contributed by atoms with Crippen LogP contribution in [0.15, 0.2) is 51.9 Å². The van der Waals surface area contributed by atoms with E-state index >= 15 is 0 Å². The molecule has 0 atom stereocenters. The molecule has 180 valence electrons. The topological polar surface area (TPSA) is 114 Å². The summed E-state index contributed by atoms with van der Waals surface area (Å²) in [5, 5.41) is 7.72. The van der Waals surface area contributed by atoms with E-state index in [0.717, 1.165) is 11.1 Å². The second-order valence-electron chi connectivity index (χ2n) is 8.15. The van der Waals surface area contributed by atoms with Gasteiger partial charge in [0.05, 0.1) is 49.1 Å². The number of hydrogen-bond donors (Lipinski definition) is 1. The summed E-state index contributed by atoms with van der Waals surface area (Å²) in [7, 11) is -3.72. The summed E-state index contributed by atoms with van der Waals surface area (Å²) in [4.78, 5) is 15.2. The van der Waals surface area contributed by atoms with Gasteiger partial charge in [0.1, 0.15) is 5.69 Å². The van der Waals surface area contributed by atoms with E-state index in [-0.39, 0.29) is 17.2 Å². The average molecular weight is 487 g/mol. The largest absolute Gasteiger partial charge is 0.379 e. The van der Waals surface area contributed by atoms with Crippen LogP contribution >= 0.6 is 0 Å². The third-order valence-corrected chi connectivity index (χ3v) is 7.88. The maximum atomic E-state index is 13.2. The Morgan fingerprint density at radius 3 is 2.44 bits per heavy atom. The second kappa shape index (κ2) is 9.71. The van der Waals surface area contributed by atoms with Crippen LogP contribution in [0, 0.1) is 0 Å². The van der Waals surface area contributed by atoms with Crippen molar-refractivity contribution in [2.24, 2.45) is 0 Å². The van der Waals surface area contributed by atoms with E-state index in [1.54, 1.807) is 18.2 Å². The Balaban J connectivity index is 1.44. The van der Waals surface area contributed by atoms with E-state index in [1.165, 1.54) is 10.4 Å². The molecule has 1 N–H and O–H groups in total. The molecule has 10 nitrogen and oxygen atoms in total. The molecule has 0 saturated carbocycles. The van der Waals surface area contributed by atoms with Crippen molar-refractivity contribution in [3.63, 3.8) is 0 Å². The SMILES string of the molecule is O=C(Cc1noc2ccccc12)Nc1cc(S(=O)(=O)N2CCOCC2)ccc1N1CCOCC1. The fourth-order valence-electron chi connectivity index (χ4n) is 4.20. The molecule has 2 aliphatic rings. The van der Waals surface area contributed by atoms with Gasteiger partial charge >= 0.3 is 0 Å². The molecule has 0 bridgehead atoms. The third-order valence-electron chi connectivity index (χ3n) is 5.98. The van der Waals surface area contributed by atoms with Gasteiger partial charge in [-0.2, -0.15) is 4.31 Å². The maximum absolute atomic E-state index is 13.2. The smallest absolute Gasteiger partial charge is 0.243 e. The number of carbonyl (C=O) groups is 1. The molecule has 3 aromatic rings. The van der Waals surface area contributed by atoms with Gasteiger partial charge in [-0.15, -0.1) is 0 Å². The highest BCUT2D eigenvalue weighted by atomic mass is 32.2. The molecule has 1 aromatic heterocycles. The van der Waals surface area contributed by atoms with Gasteiger partial charge in [0.2, 0.25) is 15.9 Å². The molecule has 0 spiro atoms. The molecule has 11 heteroatoms. The number of amides is 1. The molecular formula is C23H26N4O6S. The Morgan fingerprint density at radius 2 is 1.68 bits per heavy atom. The molecule has 2 aromatic carbocycles. The summed E-state index contributed by atoms with van der Waals surface area (Å²) in [6.07, 6.45) is 0.00000586. The number of rotatable bonds is 6. The maximum Gasteiger partial charge on any atom is 0.243 e. The summed E-state index contributed by atoms with van der Waals surface area (Å²) in [5.74, 6) is -0.311. The van der Waals surface area contributed by atoms with Crippen LogP contribution in [0.2, 0.25) is 0 Å². The van der Waals surface area contributed by atoms with Crippen LogP contribution < -0.4 is 10.2 Å². The van der Waals surface area contributed by atoms with Gasteiger partial charge in [-0.05, 0) is 30.3 Å². The number of nitrogens with zero attached hydrogens (tertiary/aromatic N) is 3. The van der Waals surface area contributed by atoms with Crippen molar-refractivity contribution in [2.75, 3.05) is 62.8 Å². The van der Waals surface area contributed by atoms with Gasteiger partial charge in [-0.1, -0.05) is 17.3 Å². The molecule has 0 aliphatic carbocycles. The molecular weight excluding hydrogens is 460 g/mol. The van der Waals surface area contributed by atoms with Crippen molar-refractivity contribution in [3.05, 3.63) is 48.2 Å². The highest BCUT2D eigenvalue weighted by molar-refractivity contribution is 7.89. The van der Waals surface area contributed by atoms with E-state index in [2.05, 4.69) is 15.4 Å². The molecule has 2 fully saturated rings. The number of aromatic nitrogens is 1. The van der Waals surface area contributed by atoms with E-state index in [9.17, 15) is 13.2 Å². The highest BCUT2D eigenvalue weighted by Gasteiger charge is 2.28. The summed E-state index contributed by atoms with van der Waals surface area (Å²) in [6.45, 7) is 3.74. The van der Waals surface area contributed by atoms with Crippen LogP contribution in [0.4, 0.5) is 11.4 Å². The number of hydrogen-bond acceptors (Lipinski definition) is 8. The van der Waals surface area contributed by atoms with Gasteiger partial charge in [0.15, 0.2) is 5.58 Å². The second-order valence-corrected chi connectivity index (χ2v) is 10.1. The summed E-state index contributed by atoms with van der Waals surface area (Å²) in [5.41, 5.74) is 2.33. The van der Waals surface area contributed by atoms with Crippen molar-refractivity contribution in [2.45, 2.75) is 11.3 Å². The Labute approximate surface area is 197 Å². The third kappa shape index (κ3) is 4.64. The molecule has 3 heterocycles. The lowest BCUT2D eigenvalue weighted by atomic mass is 10.1. The minimum Gasteiger partial charge on any atom is -0.379 e. The minimum absolute atomic E-state index is 0.00000586. The zero-order valence-electron chi connectivity index (χ0n) is 18.6. The Kier molecular flexibility index (Phi) is 6.50. The Bertz CT molecular complexity index is 1280. The Morgan fingerprint density at radius 1 is 0.971 bits per heavy atom. The monoisotopic (exact) mass is 486 g/mol. The van der Waals surface area contributed by atoms with Crippen molar-refractivity contribution in [3.8, 4) is 0 Å². The van der Waals surface area contributed by atoms with Crippen molar-refractivity contribution >= 4 is 38.3 Å². The number of anilines is 2. The fraction of sp³-hybridized carbons (Fsp3) is 0.391. The Hall–Kier alpha value is -2.99. The highest BCUT2D eigenvalue weighted by Crippen LogP contribution is 2.31. The number of nitrogens with one attached hydrogen (secondary N) is 1. The van der Waals surface area contributed by atoms with E-state index in [4.69, 9.17) is 14.0 Å². The van der Waals surface area contributed by atoms with Gasteiger partial charge in [-0.3, -0.25) is 4.79 Å². The predicted octanol–water partition coefficient (Wildman–Crippen LogP) is 1.87. The van der Waals surface area contributed by atoms with Crippen LogP contribution in [-0.2, 0) is 30.7 Å². The first-order valence-corrected chi connectivity index (χ1v) is 12.6. The normalized spacial score (nSPS) is 17.7. The number of morpholine rings is 2. The van der Waals surface area contributed by atoms with E-state index < -0.39 is 10.0 Å². The number of benzene rings is 2. The van der Waals surface area contributed by atoms with Crippen molar-refractivity contribution in [1.29, 1.82) is 0 Å². The van der Waals surface area contributed by atoms with Gasteiger partial charge in [0, 0.05) is 31.6 Å². The molecule has 1 amide bonds. The standard InChI is InChI=1S/C23H26N4O6S/c28-23(16-19-18-3-1-2-4-22(18)33-25-19)24-20-15-17(34(29,30)27-9-13-32-14-10-27)5-6-21(20)26-7-11-31-12-8-26/h1-6,15H,7-14,16H2,(H,24,28). The zero-order chi connectivity index (χ0) is 23.5. The van der Waals surface area contributed by atoms with Gasteiger partial charge < -0.3 is 24.2 Å². The molecule has 5 rings (SSSR count).